The topological polar surface area (TPSA) is 87.6 Å². The number of rotatable bonds is 5. The van der Waals surface area contributed by atoms with Crippen molar-refractivity contribution in [3.8, 4) is 0 Å². The first-order valence-electron chi connectivity index (χ1n) is 6.66. The van der Waals surface area contributed by atoms with Gasteiger partial charge in [0.15, 0.2) is 9.84 Å². The number of pyridine rings is 1. The average Bonchev–Trinajstić information content (AvgIpc) is 2.48. The molecule has 0 aliphatic carbocycles. The predicted molar refractivity (Wildman–Crippen MR) is 82.2 cm³/mol. The molecule has 116 valence electrons. The van der Waals surface area contributed by atoms with E-state index >= 15 is 0 Å². The van der Waals surface area contributed by atoms with Crippen molar-refractivity contribution in [1.29, 1.82) is 0 Å². The Bertz CT molecular complexity index is 618. The fourth-order valence-electron chi connectivity index (χ4n) is 2.21. The number of carbonyl (C=O) groups is 1. The predicted octanol–water partition coefficient (Wildman–Crippen LogP) is 1.09. The van der Waals surface area contributed by atoms with Crippen molar-refractivity contribution in [3.05, 3.63) is 29.6 Å². The quantitative estimate of drug-likeness (QED) is 0.864. The zero-order valence-electron chi connectivity index (χ0n) is 11.7. The molecule has 2 rings (SSSR count). The molecule has 1 atom stereocenters. The summed E-state index contributed by atoms with van der Waals surface area (Å²) < 4.78 is 24.3. The highest BCUT2D eigenvalue weighted by Crippen LogP contribution is 2.23. The van der Waals surface area contributed by atoms with Crippen molar-refractivity contribution in [2.75, 3.05) is 23.8 Å². The molecule has 21 heavy (non-hydrogen) atoms. The second-order valence-corrected chi connectivity index (χ2v) is 8.37. The Morgan fingerprint density at radius 1 is 1.52 bits per heavy atom. The molecule has 0 radical (unpaired) electrons. The van der Waals surface area contributed by atoms with Crippen LogP contribution in [-0.4, -0.2) is 58.6 Å². The number of nitrogens with zero attached hydrogens (tertiary/aromatic N) is 2. The van der Waals surface area contributed by atoms with Gasteiger partial charge in [-0.3, -0.25) is 4.90 Å². The third kappa shape index (κ3) is 3.96. The Hall–Kier alpha value is -1.12. The van der Waals surface area contributed by atoms with Crippen molar-refractivity contribution in [2.24, 2.45) is 0 Å². The molecule has 1 N–H and O–H groups in total. The van der Waals surface area contributed by atoms with E-state index in [-0.39, 0.29) is 11.4 Å². The zero-order valence-corrected chi connectivity index (χ0v) is 13.4. The normalized spacial score (nSPS) is 20.3. The Morgan fingerprint density at radius 3 is 2.95 bits per heavy atom. The molecule has 1 aliphatic rings. The minimum Gasteiger partial charge on any atom is -0.477 e. The molecule has 0 aromatic carbocycles. The molecule has 0 bridgehead atoms. The first kappa shape index (κ1) is 16.3. The van der Waals surface area contributed by atoms with E-state index in [0.717, 1.165) is 5.75 Å². The average molecular weight is 330 g/mol. The minimum absolute atomic E-state index is 0.0196. The standard InChI is InChI=1S/C13H18N2O4S2/c1-2-21(18,19)12-9-20-7-6-15(12)8-10-4-3-5-11(14-10)13(16)17/h3-5,12H,2,6-9H2,1H3,(H,16,17). The van der Waals surface area contributed by atoms with Gasteiger partial charge in [0.25, 0.3) is 0 Å². The first-order valence-corrected chi connectivity index (χ1v) is 9.53. The van der Waals surface area contributed by atoms with Crippen LogP contribution >= 0.6 is 11.8 Å². The second-order valence-electron chi connectivity index (χ2n) is 4.77. The lowest BCUT2D eigenvalue weighted by Gasteiger charge is -2.34. The summed E-state index contributed by atoms with van der Waals surface area (Å²) in [5.41, 5.74) is 0.562. The van der Waals surface area contributed by atoms with E-state index in [0.29, 0.717) is 24.5 Å². The van der Waals surface area contributed by atoms with Gasteiger partial charge >= 0.3 is 5.97 Å². The summed E-state index contributed by atoms with van der Waals surface area (Å²) in [5, 5.41) is 8.44. The highest BCUT2D eigenvalue weighted by molar-refractivity contribution is 8.01. The molecule has 2 heterocycles. The fourth-order valence-corrected chi connectivity index (χ4v) is 5.29. The van der Waals surface area contributed by atoms with Crippen LogP contribution in [0.15, 0.2) is 18.2 Å². The lowest BCUT2D eigenvalue weighted by molar-refractivity contribution is 0.0690. The SMILES string of the molecule is CCS(=O)(=O)C1CSCCN1Cc1cccc(C(=O)O)n1. The largest absolute Gasteiger partial charge is 0.477 e. The number of carboxylic acids is 1. The summed E-state index contributed by atoms with van der Waals surface area (Å²) >= 11 is 1.63. The van der Waals surface area contributed by atoms with Gasteiger partial charge in [-0.15, -0.1) is 0 Å². The number of aromatic nitrogens is 1. The molecule has 0 saturated carbocycles. The number of sulfone groups is 1. The van der Waals surface area contributed by atoms with Gasteiger partial charge in [-0.25, -0.2) is 18.2 Å². The molecular weight excluding hydrogens is 312 g/mol. The maximum absolute atomic E-state index is 12.2. The minimum atomic E-state index is -3.16. The molecule has 1 aliphatic heterocycles. The zero-order chi connectivity index (χ0) is 15.5. The third-order valence-corrected chi connectivity index (χ3v) is 6.73. The van der Waals surface area contributed by atoms with Gasteiger partial charge in [-0.2, -0.15) is 11.8 Å². The van der Waals surface area contributed by atoms with E-state index < -0.39 is 21.2 Å². The molecule has 1 unspecified atom stereocenters. The van der Waals surface area contributed by atoms with Gasteiger partial charge in [-0.05, 0) is 12.1 Å². The van der Waals surface area contributed by atoms with Crippen LogP contribution in [0.25, 0.3) is 0 Å². The molecule has 1 aromatic heterocycles. The van der Waals surface area contributed by atoms with Crippen molar-refractivity contribution in [1.82, 2.24) is 9.88 Å². The van der Waals surface area contributed by atoms with Gasteiger partial charge < -0.3 is 5.11 Å². The van der Waals surface area contributed by atoms with E-state index in [1.54, 1.807) is 30.8 Å². The second kappa shape index (κ2) is 6.76. The Morgan fingerprint density at radius 2 is 2.29 bits per heavy atom. The van der Waals surface area contributed by atoms with Crippen LogP contribution in [-0.2, 0) is 16.4 Å². The highest BCUT2D eigenvalue weighted by Gasteiger charge is 2.32. The number of aromatic carboxylic acids is 1. The van der Waals surface area contributed by atoms with Gasteiger partial charge in [0.2, 0.25) is 0 Å². The van der Waals surface area contributed by atoms with Crippen molar-refractivity contribution in [3.63, 3.8) is 0 Å². The third-order valence-electron chi connectivity index (χ3n) is 3.40. The Kier molecular flexibility index (Phi) is 5.23. The van der Waals surface area contributed by atoms with Crippen LogP contribution in [0.1, 0.15) is 23.1 Å². The summed E-state index contributed by atoms with van der Waals surface area (Å²) in [6.45, 7) is 2.66. The summed E-state index contributed by atoms with van der Waals surface area (Å²) in [4.78, 5) is 16.9. The molecule has 8 heteroatoms. The number of thioether (sulfide) groups is 1. The van der Waals surface area contributed by atoms with E-state index in [4.69, 9.17) is 5.11 Å². The van der Waals surface area contributed by atoms with Gasteiger partial charge in [0.05, 0.1) is 5.69 Å². The van der Waals surface area contributed by atoms with Crippen LogP contribution < -0.4 is 0 Å². The van der Waals surface area contributed by atoms with Crippen LogP contribution in [0.3, 0.4) is 0 Å². The molecule has 1 aromatic rings. The highest BCUT2D eigenvalue weighted by atomic mass is 32.2. The van der Waals surface area contributed by atoms with Crippen molar-refractivity contribution >= 4 is 27.6 Å². The molecule has 6 nitrogen and oxygen atoms in total. The van der Waals surface area contributed by atoms with Gasteiger partial charge in [0, 0.05) is 30.3 Å². The Balaban J connectivity index is 2.20. The van der Waals surface area contributed by atoms with Crippen LogP contribution in [0.5, 0.6) is 0 Å². The van der Waals surface area contributed by atoms with E-state index in [1.807, 2.05) is 4.90 Å². The maximum atomic E-state index is 12.2. The van der Waals surface area contributed by atoms with Crippen LogP contribution in [0.2, 0.25) is 0 Å². The molecule has 1 saturated heterocycles. The van der Waals surface area contributed by atoms with E-state index in [9.17, 15) is 13.2 Å². The van der Waals surface area contributed by atoms with Crippen LogP contribution in [0, 0.1) is 0 Å². The monoisotopic (exact) mass is 330 g/mol. The summed E-state index contributed by atoms with van der Waals surface area (Å²) in [6.07, 6.45) is 0. The van der Waals surface area contributed by atoms with Gasteiger partial charge in [0.1, 0.15) is 11.1 Å². The number of hydrogen-bond donors (Lipinski definition) is 1. The number of hydrogen-bond acceptors (Lipinski definition) is 6. The molecular formula is C13H18N2O4S2. The van der Waals surface area contributed by atoms with Crippen molar-refractivity contribution in [2.45, 2.75) is 18.8 Å². The fraction of sp³-hybridized carbons (Fsp3) is 0.538. The van der Waals surface area contributed by atoms with E-state index in [1.165, 1.54) is 6.07 Å². The first-order chi connectivity index (χ1) is 9.94. The summed E-state index contributed by atoms with van der Waals surface area (Å²) in [6, 6.07) is 4.79. The molecule has 1 fully saturated rings. The summed E-state index contributed by atoms with van der Waals surface area (Å²) in [7, 11) is -3.16. The van der Waals surface area contributed by atoms with Gasteiger partial charge in [-0.1, -0.05) is 13.0 Å². The molecule has 0 amide bonds. The van der Waals surface area contributed by atoms with E-state index in [2.05, 4.69) is 4.98 Å². The van der Waals surface area contributed by atoms with Crippen molar-refractivity contribution < 1.29 is 18.3 Å². The van der Waals surface area contributed by atoms with Crippen LogP contribution in [0.4, 0.5) is 0 Å². The molecule has 0 spiro atoms. The number of carboxylic acid groups (broad SMARTS) is 1. The Labute approximate surface area is 128 Å². The lowest BCUT2D eigenvalue weighted by atomic mass is 10.3. The summed E-state index contributed by atoms with van der Waals surface area (Å²) in [5.74, 6) is 0.448. The smallest absolute Gasteiger partial charge is 0.354 e. The lowest BCUT2D eigenvalue weighted by Crippen LogP contribution is -2.47. The maximum Gasteiger partial charge on any atom is 0.354 e.